The molecule has 1 aliphatic carbocycles. The smallest absolute Gasteiger partial charge is 0.380 e. The van der Waals surface area contributed by atoms with Gasteiger partial charge < -0.3 is 23.7 Å². The second-order valence-corrected chi connectivity index (χ2v) is 11.9. The first-order chi connectivity index (χ1) is 19.9. The molecule has 13 heteroatoms. The van der Waals surface area contributed by atoms with Crippen LogP contribution in [0.3, 0.4) is 0 Å². The fourth-order valence-electron chi connectivity index (χ4n) is 4.96. The predicted molar refractivity (Wildman–Crippen MR) is 149 cm³/mol. The average molecular weight is 633 g/mol. The Balaban J connectivity index is 1.92. The van der Waals surface area contributed by atoms with Gasteiger partial charge in [0.25, 0.3) is 0 Å². The quantitative estimate of drug-likeness (QED) is 0.0935. The number of rotatable bonds is 11. The highest BCUT2D eigenvalue weighted by Gasteiger charge is 2.80. The molecular formula is C29H26F6O5S2. The predicted octanol–water partition coefficient (Wildman–Crippen LogP) is 8.96. The van der Waals surface area contributed by atoms with Crippen molar-refractivity contribution in [3.63, 3.8) is 0 Å². The summed E-state index contributed by atoms with van der Waals surface area (Å²) in [5, 5.41) is -0.278. The Bertz CT molecular complexity index is 1610. The fraction of sp³-hybridized carbons (Fsp3) is 0.379. The van der Waals surface area contributed by atoms with Crippen molar-refractivity contribution < 1.29 is 50.0 Å². The number of hydrogen-bond acceptors (Lipinski definition) is 7. The minimum absolute atomic E-state index is 0.00640. The molecule has 1 aromatic heterocycles. The molecule has 0 spiro atoms. The summed E-state index contributed by atoms with van der Waals surface area (Å²) in [7, 11) is 2.79. The van der Waals surface area contributed by atoms with Gasteiger partial charge in [-0.15, -0.1) is 11.3 Å². The van der Waals surface area contributed by atoms with E-state index in [1.54, 1.807) is 31.2 Å². The van der Waals surface area contributed by atoms with Gasteiger partial charge in [-0.2, -0.15) is 26.3 Å². The van der Waals surface area contributed by atoms with Gasteiger partial charge in [0.15, 0.2) is 13.1 Å². The van der Waals surface area contributed by atoms with E-state index in [4.69, 9.17) is 23.7 Å². The van der Waals surface area contributed by atoms with Crippen LogP contribution in [0.1, 0.15) is 25.0 Å². The first-order valence-electron chi connectivity index (χ1n) is 12.7. The molecule has 3 aromatic carbocycles. The fourth-order valence-corrected chi connectivity index (χ4v) is 7.09. The third kappa shape index (κ3) is 4.83. The van der Waals surface area contributed by atoms with Crippen LogP contribution >= 0.6 is 23.1 Å². The molecule has 0 amide bonds. The van der Waals surface area contributed by atoms with Crippen LogP contribution in [0.15, 0.2) is 53.4 Å². The van der Waals surface area contributed by atoms with E-state index in [0.717, 1.165) is 23.1 Å². The monoisotopic (exact) mass is 632 g/mol. The maximum atomic E-state index is 15.9. The van der Waals surface area contributed by atoms with E-state index >= 15 is 26.3 Å². The van der Waals surface area contributed by atoms with E-state index < -0.39 is 51.6 Å². The van der Waals surface area contributed by atoms with E-state index in [0.29, 0.717) is 9.60 Å². The third-order valence-electron chi connectivity index (χ3n) is 6.77. The van der Waals surface area contributed by atoms with E-state index in [1.165, 1.54) is 45.4 Å². The van der Waals surface area contributed by atoms with E-state index in [9.17, 15) is 0 Å². The van der Waals surface area contributed by atoms with Crippen molar-refractivity contribution in [2.75, 3.05) is 27.8 Å². The standard InChI is InChI=1S/C29H26F6O5S2/c1-15(38-13-36-3)40-25-21(17-9-5-7-11-19(17)41-16(2)39-14-37-4)23-24(28(32,33)29(34,35)27(23,30)31)22-18-10-6-8-12-20(18)42-26(22)25/h5-12,15-16H,13-14H2,1-4H3/t15-,16-/m1/s1. The van der Waals surface area contributed by atoms with E-state index in [2.05, 4.69) is 0 Å². The molecule has 1 aliphatic rings. The molecular weight excluding hydrogens is 606 g/mol. The minimum atomic E-state index is -5.72. The Morgan fingerprint density at radius 3 is 2.14 bits per heavy atom. The molecule has 0 saturated carbocycles. The van der Waals surface area contributed by atoms with Crippen LogP contribution < -0.4 is 4.74 Å². The highest BCUT2D eigenvalue weighted by molar-refractivity contribution is 7.99. The molecule has 0 radical (unpaired) electrons. The summed E-state index contributed by atoms with van der Waals surface area (Å²) >= 11 is 2.05. The molecule has 1 heterocycles. The Kier molecular flexibility index (Phi) is 8.47. The summed E-state index contributed by atoms with van der Waals surface area (Å²) < 4.78 is 121. The van der Waals surface area contributed by atoms with Crippen LogP contribution in [-0.4, -0.2) is 45.5 Å². The van der Waals surface area contributed by atoms with Crippen molar-refractivity contribution in [3.05, 3.63) is 59.7 Å². The van der Waals surface area contributed by atoms with Crippen molar-refractivity contribution in [3.8, 4) is 16.9 Å². The van der Waals surface area contributed by atoms with Crippen molar-refractivity contribution in [1.82, 2.24) is 0 Å². The zero-order valence-electron chi connectivity index (χ0n) is 22.8. The van der Waals surface area contributed by atoms with Gasteiger partial charge in [-0.05, 0) is 31.5 Å². The molecule has 4 aromatic rings. The van der Waals surface area contributed by atoms with Crippen LogP contribution in [0.25, 0.3) is 31.3 Å². The van der Waals surface area contributed by atoms with Gasteiger partial charge in [0.05, 0.1) is 4.70 Å². The average Bonchev–Trinajstić information content (AvgIpc) is 3.38. The molecule has 42 heavy (non-hydrogen) atoms. The summed E-state index contributed by atoms with van der Waals surface area (Å²) in [6.45, 7) is 2.83. The van der Waals surface area contributed by atoms with Gasteiger partial charge in [-0.3, -0.25) is 0 Å². The lowest BCUT2D eigenvalue weighted by Gasteiger charge is -2.25. The van der Waals surface area contributed by atoms with E-state index in [-0.39, 0.29) is 35.0 Å². The maximum absolute atomic E-state index is 15.9. The summed E-state index contributed by atoms with van der Waals surface area (Å²) in [5.74, 6) is -16.5. The normalized spacial score (nSPS) is 18.3. The number of benzene rings is 3. The zero-order chi connectivity index (χ0) is 30.4. The lowest BCUT2D eigenvalue weighted by molar-refractivity contribution is -0.302. The molecule has 5 rings (SSSR count). The van der Waals surface area contributed by atoms with Gasteiger partial charge in [0.2, 0.25) is 0 Å². The summed E-state index contributed by atoms with van der Waals surface area (Å²) in [6.07, 6.45) is -1.13. The second kappa shape index (κ2) is 11.5. The van der Waals surface area contributed by atoms with Crippen molar-refractivity contribution >= 4 is 43.3 Å². The molecule has 0 bridgehead atoms. The first kappa shape index (κ1) is 30.9. The SMILES string of the molecule is COCO[C@@H](C)Oc1c(-c2ccccc2S[C@H](C)OCOC)c2c(c3c1sc1ccccc13)C(F)(F)C(F)(F)C2(F)F. The van der Waals surface area contributed by atoms with Crippen LogP contribution in [0.4, 0.5) is 26.3 Å². The van der Waals surface area contributed by atoms with Gasteiger partial charge >= 0.3 is 17.8 Å². The van der Waals surface area contributed by atoms with Gasteiger partial charge in [-0.25, -0.2) is 0 Å². The maximum Gasteiger partial charge on any atom is 0.380 e. The Labute approximate surface area is 245 Å². The Morgan fingerprint density at radius 2 is 1.43 bits per heavy atom. The topological polar surface area (TPSA) is 46.2 Å². The second-order valence-electron chi connectivity index (χ2n) is 9.49. The summed E-state index contributed by atoms with van der Waals surface area (Å²) in [6, 6.07) is 12.3. The Morgan fingerprint density at radius 1 is 0.810 bits per heavy atom. The molecule has 0 saturated heterocycles. The molecule has 5 nitrogen and oxygen atoms in total. The van der Waals surface area contributed by atoms with Crippen molar-refractivity contribution in [2.45, 2.75) is 48.2 Å². The highest BCUT2D eigenvalue weighted by atomic mass is 32.2. The van der Waals surface area contributed by atoms with Gasteiger partial charge in [0.1, 0.15) is 18.0 Å². The molecule has 226 valence electrons. The molecule has 0 aliphatic heterocycles. The third-order valence-corrected chi connectivity index (χ3v) is 9.02. The summed E-state index contributed by atoms with van der Waals surface area (Å²) in [4.78, 5) is 0.313. The van der Waals surface area contributed by atoms with Crippen molar-refractivity contribution in [2.24, 2.45) is 0 Å². The molecule has 0 N–H and O–H groups in total. The number of hydrogen-bond donors (Lipinski definition) is 0. The number of fused-ring (bicyclic) bond motifs is 5. The van der Waals surface area contributed by atoms with Gasteiger partial charge in [0, 0.05) is 51.3 Å². The number of thioether (sulfide) groups is 1. The number of methoxy groups -OCH3 is 2. The first-order valence-corrected chi connectivity index (χ1v) is 14.4. The van der Waals surface area contributed by atoms with Crippen LogP contribution in [0, 0.1) is 0 Å². The number of alkyl halides is 6. The van der Waals surface area contributed by atoms with Gasteiger partial charge in [-0.1, -0.05) is 48.2 Å². The number of halogens is 6. The van der Waals surface area contributed by atoms with Crippen LogP contribution in [-0.2, 0) is 30.8 Å². The molecule has 0 unspecified atom stereocenters. The zero-order valence-corrected chi connectivity index (χ0v) is 24.4. The number of ether oxygens (including phenoxy) is 5. The van der Waals surface area contributed by atoms with Crippen LogP contribution in [0.5, 0.6) is 5.75 Å². The summed E-state index contributed by atoms with van der Waals surface area (Å²) in [5.41, 5.74) is -4.06. The number of thiophene rings is 1. The lowest BCUT2D eigenvalue weighted by Crippen LogP contribution is -2.43. The highest BCUT2D eigenvalue weighted by Crippen LogP contribution is 2.69. The molecule has 2 atom stereocenters. The minimum Gasteiger partial charge on any atom is -0.463 e. The van der Waals surface area contributed by atoms with E-state index in [1.807, 2.05) is 0 Å². The largest absolute Gasteiger partial charge is 0.463 e. The molecule has 0 fully saturated rings. The van der Waals surface area contributed by atoms with Crippen LogP contribution in [0.2, 0.25) is 0 Å². The lowest BCUT2D eigenvalue weighted by atomic mass is 9.91. The Hall–Kier alpha value is -2.55. The van der Waals surface area contributed by atoms with Crippen molar-refractivity contribution in [1.29, 1.82) is 0 Å².